The number of aliphatic hydroxyl groups is 1. The van der Waals surface area contributed by atoms with E-state index in [1.54, 1.807) is 4.68 Å². The SMILES string of the molecule is OCCCn1cc(CNC2CC2)nn1. The Hall–Kier alpha value is -0.940. The van der Waals surface area contributed by atoms with E-state index in [0.29, 0.717) is 6.04 Å². The van der Waals surface area contributed by atoms with Gasteiger partial charge < -0.3 is 10.4 Å². The molecule has 5 nitrogen and oxygen atoms in total. The van der Waals surface area contributed by atoms with Gasteiger partial charge in [-0.3, -0.25) is 4.68 Å². The van der Waals surface area contributed by atoms with Crippen LogP contribution in [0.25, 0.3) is 0 Å². The average Bonchev–Trinajstić information content (AvgIpc) is 2.92. The highest BCUT2D eigenvalue weighted by Gasteiger charge is 2.20. The van der Waals surface area contributed by atoms with Crippen LogP contribution in [0.2, 0.25) is 0 Å². The Bertz CT molecular complexity index is 282. The minimum atomic E-state index is 0.204. The average molecular weight is 196 g/mol. The Morgan fingerprint density at radius 2 is 2.43 bits per heavy atom. The fourth-order valence-corrected chi connectivity index (χ4v) is 1.30. The standard InChI is InChI=1S/C9H16N4O/c14-5-1-4-13-7-9(11-12-13)6-10-8-2-3-8/h7-8,10,14H,1-6H2. The monoisotopic (exact) mass is 196 g/mol. The van der Waals surface area contributed by atoms with E-state index in [9.17, 15) is 0 Å². The summed E-state index contributed by atoms with van der Waals surface area (Å²) in [4.78, 5) is 0. The zero-order chi connectivity index (χ0) is 9.80. The largest absolute Gasteiger partial charge is 0.396 e. The van der Waals surface area contributed by atoms with Crippen LogP contribution in [0.4, 0.5) is 0 Å². The number of nitrogens with one attached hydrogen (secondary N) is 1. The first kappa shape index (κ1) is 9.61. The van der Waals surface area contributed by atoms with Crippen LogP contribution in [-0.2, 0) is 13.1 Å². The quantitative estimate of drug-likeness (QED) is 0.667. The number of aliphatic hydroxyl groups excluding tert-OH is 1. The molecule has 1 heterocycles. The van der Waals surface area contributed by atoms with Gasteiger partial charge in [0, 0.05) is 31.9 Å². The van der Waals surface area contributed by atoms with Crippen molar-refractivity contribution in [1.82, 2.24) is 20.3 Å². The predicted molar refractivity (Wildman–Crippen MR) is 51.6 cm³/mol. The summed E-state index contributed by atoms with van der Waals surface area (Å²) in [5.41, 5.74) is 0.981. The van der Waals surface area contributed by atoms with Crippen LogP contribution in [0.3, 0.4) is 0 Å². The minimum Gasteiger partial charge on any atom is -0.396 e. The molecule has 1 aromatic heterocycles. The van der Waals surface area contributed by atoms with E-state index in [1.807, 2.05) is 6.20 Å². The Kier molecular flexibility index (Phi) is 3.10. The van der Waals surface area contributed by atoms with Crippen LogP contribution >= 0.6 is 0 Å². The topological polar surface area (TPSA) is 63.0 Å². The van der Waals surface area contributed by atoms with Gasteiger partial charge in [0.1, 0.15) is 0 Å². The second-order valence-electron chi connectivity index (χ2n) is 3.71. The molecular weight excluding hydrogens is 180 g/mol. The second-order valence-corrected chi connectivity index (χ2v) is 3.71. The molecule has 2 rings (SSSR count). The van der Waals surface area contributed by atoms with Crippen molar-refractivity contribution in [1.29, 1.82) is 0 Å². The lowest BCUT2D eigenvalue weighted by Crippen LogP contribution is -2.15. The molecule has 78 valence electrons. The van der Waals surface area contributed by atoms with E-state index < -0.39 is 0 Å². The summed E-state index contributed by atoms with van der Waals surface area (Å²) >= 11 is 0. The van der Waals surface area contributed by atoms with Crippen LogP contribution in [-0.4, -0.2) is 32.7 Å². The Labute approximate surface area is 83.1 Å². The van der Waals surface area contributed by atoms with Crippen molar-refractivity contribution in [2.75, 3.05) is 6.61 Å². The first-order valence-electron chi connectivity index (χ1n) is 5.12. The molecule has 0 saturated heterocycles. The van der Waals surface area contributed by atoms with Crippen molar-refractivity contribution in [3.8, 4) is 0 Å². The maximum absolute atomic E-state index is 8.64. The minimum absolute atomic E-state index is 0.204. The maximum atomic E-state index is 8.64. The van der Waals surface area contributed by atoms with E-state index in [-0.39, 0.29) is 6.61 Å². The molecule has 1 aliphatic carbocycles. The third-order valence-corrected chi connectivity index (χ3v) is 2.28. The number of aryl methyl sites for hydroxylation is 1. The summed E-state index contributed by atoms with van der Waals surface area (Å²) in [7, 11) is 0. The lowest BCUT2D eigenvalue weighted by atomic mass is 10.4. The van der Waals surface area contributed by atoms with Crippen LogP contribution in [0.15, 0.2) is 6.20 Å². The van der Waals surface area contributed by atoms with Gasteiger partial charge in [0.25, 0.3) is 0 Å². The summed E-state index contributed by atoms with van der Waals surface area (Å²) in [5.74, 6) is 0. The van der Waals surface area contributed by atoms with Crippen molar-refractivity contribution >= 4 is 0 Å². The number of rotatable bonds is 6. The summed E-state index contributed by atoms with van der Waals surface area (Å²) in [6.07, 6.45) is 5.25. The van der Waals surface area contributed by atoms with Crippen molar-refractivity contribution in [3.63, 3.8) is 0 Å². The molecule has 1 saturated carbocycles. The molecule has 0 unspecified atom stereocenters. The van der Waals surface area contributed by atoms with Crippen LogP contribution in [0.5, 0.6) is 0 Å². The molecular formula is C9H16N4O. The number of aromatic nitrogens is 3. The molecule has 0 radical (unpaired) electrons. The highest BCUT2D eigenvalue weighted by atomic mass is 16.3. The number of hydrogen-bond donors (Lipinski definition) is 2. The van der Waals surface area contributed by atoms with E-state index in [0.717, 1.165) is 25.2 Å². The fraction of sp³-hybridized carbons (Fsp3) is 0.778. The first-order chi connectivity index (χ1) is 6.88. The number of nitrogens with zero attached hydrogens (tertiary/aromatic N) is 3. The van der Waals surface area contributed by atoms with Gasteiger partial charge in [0.05, 0.1) is 5.69 Å². The molecule has 1 fully saturated rings. The van der Waals surface area contributed by atoms with Crippen molar-refractivity contribution in [3.05, 3.63) is 11.9 Å². The van der Waals surface area contributed by atoms with Crippen molar-refractivity contribution in [2.24, 2.45) is 0 Å². The smallest absolute Gasteiger partial charge is 0.0964 e. The lowest BCUT2D eigenvalue weighted by molar-refractivity contribution is 0.276. The van der Waals surface area contributed by atoms with Gasteiger partial charge in [-0.15, -0.1) is 5.10 Å². The van der Waals surface area contributed by atoms with Gasteiger partial charge in [-0.25, -0.2) is 0 Å². The zero-order valence-electron chi connectivity index (χ0n) is 8.19. The maximum Gasteiger partial charge on any atom is 0.0964 e. The van der Waals surface area contributed by atoms with E-state index in [4.69, 9.17) is 5.11 Å². The molecule has 1 aliphatic rings. The van der Waals surface area contributed by atoms with Gasteiger partial charge in [0.15, 0.2) is 0 Å². The molecule has 14 heavy (non-hydrogen) atoms. The molecule has 0 amide bonds. The van der Waals surface area contributed by atoms with Crippen LogP contribution in [0, 0.1) is 0 Å². The summed E-state index contributed by atoms with van der Waals surface area (Å²) < 4.78 is 1.78. The zero-order valence-corrected chi connectivity index (χ0v) is 8.19. The second kappa shape index (κ2) is 4.52. The van der Waals surface area contributed by atoms with Gasteiger partial charge >= 0.3 is 0 Å². The van der Waals surface area contributed by atoms with Crippen LogP contribution < -0.4 is 5.32 Å². The normalized spacial score (nSPS) is 16.1. The highest BCUT2D eigenvalue weighted by Crippen LogP contribution is 2.18. The van der Waals surface area contributed by atoms with Gasteiger partial charge in [-0.2, -0.15) is 0 Å². The van der Waals surface area contributed by atoms with E-state index in [2.05, 4.69) is 15.6 Å². The molecule has 1 aromatic rings. The molecule has 5 heteroatoms. The highest BCUT2D eigenvalue weighted by molar-refractivity contribution is 4.94. The molecule has 0 atom stereocenters. The fourth-order valence-electron chi connectivity index (χ4n) is 1.30. The first-order valence-corrected chi connectivity index (χ1v) is 5.12. The summed E-state index contributed by atoms with van der Waals surface area (Å²) in [6, 6.07) is 0.706. The molecule has 0 bridgehead atoms. The molecule has 0 aliphatic heterocycles. The van der Waals surface area contributed by atoms with Gasteiger partial charge in [-0.1, -0.05) is 5.21 Å². The lowest BCUT2D eigenvalue weighted by Gasteiger charge is -1.97. The summed E-state index contributed by atoms with van der Waals surface area (Å²) in [6.45, 7) is 1.76. The molecule has 0 spiro atoms. The third kappa shape index (κ3) is 2.78. The predicted octanol–water partition coefficient (Wildman–Crippen LogP) is -0.0875. The third-order valence-electron chi connectivity index (χ3n) is 2.28. The van der Waals surface area contributed by atoms with Crippen LogP contribution in [0.1, 0.15) is 25.0 Å². The molecule has 0 aromatic carbocycles. The van der Waals surface area contributed by atoms with Gasteiger partial charge in [-0.05, 0) is 19.3 Å². The molecule has 2 N–H and O–H groups in total. The number of hydrogen-bond acceptors (Lipinski definition) is 4. The summed E-state index contributed by atoms with van der Waals surface area (Å²) in [5, 5.41) is 20.0. The van der Waals surface area contributed by atoms with Crippen molar-refractivity contribution in [2.45, 2.75) is 38.4 Å². The van der Waals surface area contributed by atoms with E-state index in [1.165, 1.54) is 12.8 Å². The Morgan fingerprint density at radius 3 is 3.14 bits per heavy atom. The van der Waals surface area contributed by atoms with E-state index >= 15 is 0 Å². The Balaban J connectivity index is 1.76. The Morgan fingerprint density at radius 1 is 1.57 bits per heavy atom. The van der Waals surface area contributed by atoms with Crippen molar-refractivity contribution < 1.29 is 5.11 Å². The van der Waals surface area contributed by atoms with Gasteiger partial charge in [0.2, 0.25) is 0 Å².